The standard InChI is InChI=1S/C17H32N2O2.ClH/c1-3-16(21-14-8-4-6-12(2)10-14)17(20)19-15-9-5-7-13(15)11-18;/h12-16H,3-11,18H2,1-2H3,(H,19,20);1H. The summed E-state index contributed by atoms with van der Waals surface area (Å²) in [6, 6.07) is 0.255. The van der Waals surface area contributed by atoms with E-state index >= 15 is 0 Å². The lowest BCUT2D eigenvalue weighted by atomic mass is 9.88. The van der Waals surface area contributed by atoms with Crippen LogP contribution in [0, 0.1) is 11.8 Å². The molecule has 2 rings (SSSR count). The zero-order chi connectivity index (χ0) is 15.2. The van der Waals surface area contributed by atoms with Crippen molar-refractivity contribution in [3.05, 3.63) is 0 Å². The van der Waals surface area contributed by atoms with Crippen molar-refractivity contribution in [2.45, 2.75) is 83.5 Å². The van der Waals surface area contributed by atoms with Crippen LogP contribution in [0.5, 0.6) is 0 Å². The van der Waals surface area contributed by atoms with Crippen molar-refractivity contribution < 1.29 is 9.53 Å². The first kappa shape index (κ1) is 19.7. The van der Waals surface area contributed by atoms with Crippen LogP contribution < -0.4 is 11.1 Å². The summed E-state index contributed by atoms with van der Waals surface area (Å²) in [5.41, 5.74) is 5.79. The first-order chi connectivity index (χ1) is 10.1. The van der Waals surface area contributed by atoms with Crippen LogP contribution in [0.4, 0.5) is 0 Å². The highest BCUT2D eigenvalue weighted by Gasteiger charge is 2.31. The van der Waals surface area contributed by atoms with Gasteiger partial charge in [0.1, 0.15) is 6.10 Å². The average Bonchev–Trinajstić information content (AvgIpc) is 2.91. The molecule has 4 nitrogen and oxygen atoms in total. The number of halogens is 1. The number of hydrogen-bond acceptors (Lipinski definition) is 3. The summed E-state index contributed by atoms with van der Waals surface area (Å²) in [6.45, 7) is 4.98. The molecule has 5 heteroatoms. The molecule has 0 aromatic rings. The molecule has 0 spiro atoms. The first-order valence-electron chi connectivity index (χ1n) is 8.79. The number of nitrogens with one attached hydrogen (secondary N) is 1. The molecule has 2 aliphatic carbocycles. The number of hydrogen-bond donors (Lipinski definition) is 2. The largest absolute Gasteiger partial charge is 0.365 e. The lowest BCUT2D eigenvalue weighted by molar-refractivity contribution is -0.140. The van der Waals surface area contributed by atoms with Crippen LogP contribution in [-0.2, 0) is 9.53 Å². The number of amides is 1. The van der Waals surface area contributed by atoms with E-state index in [1.165, 1.54) is 19.3 Å². The van der Waals surface area contributed by atoms with Crippen LogP contribution in [-0.4, -0.2) is 30.7 Å². The van der Waals surface area contributed by atoms with E-state index in [1.807, 2.05) is 6.92 Å². The Morgan fingerprint density at radius 2 is 2.00 bits per heavy atom. The Morgan fingerprint density at radius 1 is 1.27 bits per heavy atom. The van der Waals surface area contributed by atoms with Gasteiger partial charge in [-0.1, -0.05) is 33.1 Å². The molecule has 5 unspecified atom stereocenters. The fraction of sp³-hybridized carbons (Fsp3) is 0.941. The summed E-state index contributed by atoms with van der Waals surface area (Å²) in [5.74, 6) is 1.24. The highest BCUT2D eigenvalue weighted by atomic mass is 35.5. The van der Waals surface area contributed by atoms with E-state index in [9.17, 15) is 4.79 Å². The van der Waals surface area contributed by atoms with Gasteiger partial charge in [0.2, 0.25) is 5.91 Å². The highest BCUT2D eigenvalue weighted by molar-refractivity contribution is 5.85. The summed E-state index contributed by atoms with van der Waals surface area (Å²) < 4.78 is 6.11. The van der Waals surface area contributed by atoms with E-state index in [0.29, 0.717) is 12.5 Å². The molecule has 0 aliphatic heterocycles. The molecule has 0 radical (unpaired) electrons. The van der Waals surface area contributed by atoms with Gasteiger partial charge in [0.25, 0.3) is 0 Å². The van der Waals surface area contributed by atoms with Gasteiger partial charge in [-0.3, -0.25) is 4.79 Å². The summed E-state index contributed by atoms with van der Waals surface area (Å²) in [5, 5.41) is 3.19. The van der Waals surface area contributed by atoms with Gasteiger partial charge in [0.15, 0.2) is 0 Å². The molecule has 2 fully saturated rings. The van der Waals surface area contributed by atoms with Crippen molar-refractivity contribution in [2.24, 2.45) is 17.6 Å². The van der Waals surface area contributed by atoms with Crippen LogP contribution in [0.25, 0.3) is 0 Å². The second-order valence-electron chi connectivity index (χ2n) is 6.97. The quantitative estimate of drug-likeness (QED) is 0.785. The maximum Gasteiger partial charge on any atom is 0.249 e. The Hall–Kier alpha value is -0.320. The summed E-state index contributed by atoms with van der Waals surface area (Å²) >= 11 is 0. The summed E-state index contributed by atoms with van der Waals surface area (Å²) in [6.07, 6.45) is 8.80. The van der Waals surface area contributed by atoms with Gasteiger partial charge in [-0.25, -0.2) is 0 Å². The molecule has 22 heavy (non-hydrogen) atoms. The molecule has 0 aromatic heterocycles. The minimum Gasteiger partial charge on any atom is -0.365 e. The van der Waals surface area contributed by atoms with E-state index < -0.39 is 0 Å². The molecule has 1 amide bonds. The monoisotopic (exact) mass is 332 g/mol. The zero-order valence-corrected chi connectivity index (χ0v) is 14.9. The number of nitrogens with two attached hydrogens (primary N) is 1. The third kappa shape index (κ3) is 5.39. The normalized spacial score (nSPS) is 33.0. The summed E-state index contributed by atoms with van der Waals surface area (Å²) in [7, 11) is 0. The van der Waals surface area contributed by atoms with Crippen molar-refractivity contribution in [3.63, 3.8) is 0 Å². The van der Waals surface area contributed by atoms with Crippen LogP contribution in [0.2, 0.25) is 0 Å². The van der Waals surface area contributed by atoms with Crippen molar-refractivity contribution in [1.82, 2.24) is 5.32 Å². The van der Waals surface area contributed by atoms with Gasteiger partial charge in [-0.2, -0.15) is 0 Å². The predicted molar refractivity (Wildman–Crippen MR) is 92.2 cm³/mol. The minimum atomic E-state index is -0.292. The third-order valence-corrected chi connectivity index (χ3v) is 5.20. The second kappa shape index (κ2) is 9.74. The first-order valence-corrected chi connectivity index (χ1v) is 8.79. The molecule has 3 N–H and O–H groups in total. The number of carbonyl (C=O) groups excluding carboxylic acids is 1. The number of rotatable bonds is 6. The Bertz CT molecular complexity index is 341. The van der Waals surface area contributed by atoms with Crippen molar-refractivity contribution in [1.29, 1.82) is 0 Å². The van der Waals surface area contributed by atoms with Crippen LogP contribution in [0.3, 0.4) is 0 Å². The van der Waals surface area contributed by atoms with Crippen molar-refractivity contribution in [2.75, 3.05) is 6.54 Å². The van der Waals surface area contributed by atoms with Gasteiger partial charge in [-0.15, -0.1) is 12.4 Å². The van der Waals surface area contributed by atoms with Crippen LogP contribution in [0.15, 0.2) is 0 Å². The van der Waals surface area contributed by atoms with Crippen molar-refractivity contribution in [3.8, 4) is 0 Å². The number of carbonyl (C=O) groups is 1. The lowest BCUT2D eigenvalue weighted by Crippen LogP contribution is -2.46. The smallest absolute Gasteiger partial charge is 0.249 e. The molecule has 2 aliphatic rings. The average molecular weight is 333 g/mol. The maximum atomic E-state index is 12.5. The van der Waals surface area contributed by atoms with Gasteiger partial charge in [-0.05, 0) is 50.5 Å². The molecule has 0 aromatic carbocycles. The molecule has 0 bridgehead atoms. The highest BCUT2D eigenvalue weighted by Crippen LogP contribution is 2.28. The lowest BCUT2D eigenvalue weighted by Gasteiger charge is -2.30. The predicted octanol–water partition coefficient (Wildman–Crippen LogP) is 3.03. The number of ether oxygens (including phenoxy) is 1. The fourth-order valence-electron chi connectivity index (χ4n) is 3.86. The van der Waals surface area contributed by atoms with Gasteiger partial charge >= 0.3 is 0 Å². The molecular weight excluding hydrogens is 300 g/mol. The second-order valence-corrected chi connectivity index (χ2v) is 6.97. The minimum absolute atomic E-state index is 0. The van der Waals surface area contributed by atoms with E-state index in [1.54, 1.807) is 0 Å². The molecule has 2 saturated carbocycles. The zero-order valence-electron chi connectivity index (χ0n) is 14.1. The Kier molecular flexibility index (Phi) is 8.73. The van der Waals surface area contributed by atoms with E-state index in [4.69, 9.17) is 10.5 Å². The van der Waals surface area contributed by atoms with Crippen molar-refractivity contribution >= 4 is 18.3 Å². The SMILES string of the molecule is CCC(OC1CCCC(C)C1)C(=O)NC1CCCC1CN.Cl. The third-order valence-electron chi connectivity index (χ3n) is 5.20. The Balaban J connectivity index is 0.00000242. The van der Waals surface area contributed by atoms with E-state index in [2.05, 4.69) is 12.2 Å². The topological polar surface area (TPSA) is 64.3 Å². The molecule has 130 valence electrons. The Morgan fingerprint density at radius 3 is 2.64 bits per heavy atom. The fourth-order valence-corrected chi connectivity index (χ4v) is 3.86. The molecule has 0 saturated heterocycles. The molecule has 5 atom stereocenters. The summed E-state index contributed by atoms with van der Waals surface area (Å²) in [4.78, 5) is 12.5. The van der Waals surface area contributed by atoms with Crippen LogP contribution >= 0.6 is 12.4 Å². The van der Waals surface area contributed by atoms with Gasteiger partial charge in [0.05, 0.1) is 6.10 Å². The molecule has 0 heterocycles. The van der Waals surface area contributed by atoms with Gasteiger partial charge < -0.3 is 15.8 Å². The Labute approximate surface area is 141 Å². The maximum absolute atomic E-state index is 12.5. The van der Waals surface area contributed by atoms with E-state index in [-0.39, 0.29) is 36.6 Å². The molecular formula is C17H33ClN2O2. The van der Waals surface area contributed by atoms with E-state index in [0.717, 1.165) is 38.0 Å². The van der Waals surface area contributed by atoms with Crippen LogP contribution in [0.1, 0.15) is 65.2 Å². The van der Waals surface area contributed by atoms with Gasteiger partial charge in [0, 0.05) is 6.04 Å².